The van der Waals surface area contributed by atoms with Crippen molar-refractivity contribution < 1.29 is 24.5 Å². The number of hydrogen-bond acceptors (Lipinski definition) is 5. The fraction of sp³-hybridized carbons (Fsp3) is 0.903. The number of ketones is 1. The van der Waals surface area contributed by atoms with Gasteiger partial charge in [0.25, 0.3) is 0 Å². The third kappa shape index (κ3) is 3.01. The summed E-state index contributed by atoms with van der Waals surface area (Å²) in [6.07, 6.45) is 8.99. The number of ether oxygens (including phenoxy) is 2. The highest BCUT2D eigenvalue weighted by Gasteiger charge is 2.75. The van der Waals surface area contributed by atoms with Crippen LogP contribution in [0.1, 0.15) is 99.8 Å². The predicted molar refractivity (Wildman–Crippen MR) is 138 cm³/mol. The number of carbonyl (C=O) groups is 1. The van der Waals surface area contributed by atoms with Crippen molar-refractivity contribution in [3.8, 4) is 0 Å². The first kappa shape index (κ1) is 25.5. The molecule has 1 spiro atoms. The molecule has 5 heteroatoms. The van der Waals surface area contributed by atoms with E-state index in [4.69, 9.17) is 9.47 Å². The summed E-state index contributed by atoms with van der Waals surface area (Å²) in [5, 5.41) is 23.3. The Morgan fingerprint density at radius 3 is 2.28 bits per heavy atom. The van der Waals surface area contributed by atoms with Gasteiger partial charge in [-0.1, -0.05) is 39.3 Å². The van der Waals surface area contributed by atoms with Crippen LogP contribution in [0.25, 0.3) is 0 Å². The number of aliphatic hydroxyl groups excluding tert-OH is 1. The molecule has 7 fully saturated rings. The van der Waals surface area contributed by atoms with E-state index in [2.05, 4.69) is 40.7 Å². The van der Waals surface area contributed by atoms with Gasteiger partial charge in [0.05, 0.1) is 18.3 Å². The average molecular weight is 501 g/mol. The van der Waals surface area contributed by atoms with E-state index in [0.29, 0.717) is 37.2 Å². The Bertz CT molecular complexity index is 987. The Balaban J connectivity index is 1.28. The molecule has 202 valence electrons. The summed E-state index contributed by atoms with van der Waals surface area (Å²) >= 11 is 0. The lowest BCUT2D eigenvalue weighted by molar-refractivity contribution is -0.404. The van der Waals surface area contributed by atoms with Crippen molar-refractivity contribution in [2.45, 2.75) is 123 Å². The lowest BCUT2D eigenvalue weighted by atomic mass is 9.33. The van der Waals surface area contributed by atoms with Gasteiger partial charge in [-0.15, -0.1) is 0 Å². The van der Waals surface area contributed by atoms with Crippen LogP contribution in [0.5, 0.6) is 0 Å². The SMILES string of the molecule is CC(=CCC(=O)C1OC1(C)C)C1CCC2(C)C1CC(O)C1C34CCC(O)(OC3)C(C)(C)C4CCC12C. The number of aliphatic hydroxyl groups is 2. The molecule has 3 aliphatic heterocycles. The minimum Gasteiger partial charge on any atom is -0.393 e. The van der Waals surface area contributed by atoms with Gasteiger partial charge in [0.1, 0.15) is 6.10 Å². The van der Waals surface area contributed by atoms with Crippen LogP contribution < -0.4 is 0 Å². The summed E-state index contributed by atoms with van der Waals surface area (Å²) in [4.78, 5) is 12.6. The molecule has 2 N–H and O–H groups in total. The van der Waals surface area contributed by atoms with Crippen LogP contribution in [-0.4, -0.2) is 46.2 Å². The molecular formula is C31H48O5. The van der Waals surface area contributed by atoms with E-state index in [1.54, 1.807) is 0 Å². The van der Waals surface area contributed by atoms with E-state index in [1.165, 1.54) is 12.0 Å². The third-order valence-corrected chi connectivity index (χ3v) is 13.3. The highest BCUT2D eigenvalue weighted by molar-refractivity contribution is 5.87. The monoisotopic (exact) mass is 500 g/mol. The van der Waals surface area contributed by atoms with Gasteiger partial charge in [0, 0.05) is 23.7 Å². The number of carbonyl (C=O) groups excluding carboxylic acids is 1. The molecule has 0 aromatic carbocycles. The normalized spacial score (nSPS) is 54.4. The lowest BCUT2D eigenvalue weighted by Crippen LogP contribution is -2.75. The molecule has 5 nitrogen and oxygen atoms in total. The smallest absolute Gasteiger partial charge is 0.170 e. The average Bonchev–Trinajstić information content (AvgIpc) is 3.30. The van der Waals surface area contributed by atoms with Crippen molar-refractivity contribution >= 4 is 5.78 Å². The molecule has 0 aromatic heterocycles. The molecule has 10 unspecified atom stereocenters. The van der Waals surface area contributed by atoms with Crippen LogP contribution in [0.2, 0.25) is 0 Å². The molecular weight excluding hydrogens is 452 g/mol. The van der Waals surface area contributed by atoms with E-state index >= 15 is 0 Å². The van der Waals surface area contributed by atoms with Gasteiger partial charge >= 0.3 is 0 Å². The van der Waals surface area contributed by atoms with E-state index in [0.717, 1.165) is 32.1 Å². The number of Topliss-reactive ketones (excluding diaryl/α,β-unsaturated/α-hetero) is 1. The van der Waals surface area contributed by atoms with Crippen molar-refractivity contribution in [2.24, 2.45) is 45.3 Å². The molecule has 0 radical (unpaired) electrons. The maximum atomic E-state index is 12.6. The largest absolute Gasteiger partial charge is 0.393 e. The maximum Gasteiger partial charge on any atom is 0.170 e. The van der Waals surface area contributed by atoms with E-state index in [-0.39, 0.29) is 51.2 Å². The Morgan fingerprint density at radius 2 is 1.67 bits per heavy atom. The number of hydrogen-bond donors (Lipinski definition) is 2. The second-order valence-electron chi connectivity index (χ2n) is 15.2. The standard InChI is InChI=1S/C31H48O5/c1-18(8-9-21(32)25-27(4,5)36-25)19-10-12-28(6)20(19)16-22(33)24-29(28,7)13-11-23-26(2,3)31(34)15-14-30(23,24)17-35-31/h8,19-20,22-25,33-34H,9-17H2,1-7H3. The first-order valence-electron chi connectivity index (χ1n) is 14.5. The lowest BCUT2D eigenvalue weighted by Gasteiger charge is -2.74. The molecule has 36 heavy (non-hydrogen) atoms. The highest BCUT2D eigenvalue weighted by atomic mass is 16.6. The van der Waals surface area contributed by atoms with Crippen molar-refractivity contribution in [1.29, 1.82) is 0 Å². The molecule has 2 bridgehead atoms. The molecule has 10 atom stereocenters. The maximum absolute atomic E-state index is 12.6. The Morgan fingerprint density at radius 1 is 1.00 bits per heavy atom. The second kappa shape index (κ2) is 7.46. The van der Waals surface area contributed by atoms with Gasteiger partial charge in [-0.2, -0.15) is 0 Å². The van der Waals surface area contributed by atoms with Gasteiger partial charge in [-0.3, -0.25) is 4.79 Å². The zero-order chi connectivity index (χ0) is 26.1. The topological polar surface area (TPSA) is 79.3 Å². The van der Waals surface area contributed by atoms with Gasteiger partial charge in [-0.05, 0) is 93.8 Å². The van der Waals surface area contributed by atoms with Gasteiger partial charge in [0.2, 0.25) is 0 Å². The van der Waals surface area contributed by atoms with Gasteiger partial charge < -0.3 is 19.7 Å². The number of epoxide rings is 1. The Labute approximate surface area is 217 Å². The summed E-state index contributed by atoms with van der Waals surface area (Å²) in [5.41, 5.74) is 0.854. The fourth-order valence-electron chi connectivity index (χ4n) is 11.0. The van der Waals surface area contributed by atoms with Crippen LogP contribution >= 0.6 is 0 Å². The Hall–Kier alpha value is -0.750. The van der Waals surface area contributed by atoms with Crippen LogP contribution in [0.3, 0.4) is 0 Å². The minimum absolute atomic E-state index is 0.0365. The van der Waals surface area contributed by atoms with Crippen molar-refractivity contribution in [3.05, 3.63) is 11.6 Å². The van der Waals surface area contributed by atoms with E-state index in [1.807, 2.05) is 13.8 Å². The van der Waals surface area contributed by atoms with Crippen molar-refractivity contribution in [3.63, 3.8) is 0 Å². The summed E-state index contributed by atoms with van der Waals surface area (Å²) < 4.78 is 11.8. The Kier molecular flexibility index (Phi) is 5.29. The number of fused-ring (bicyclic) bond motifs is 5. The van der Waals surface area contributed by atoms with Gasteiger partial charge in [0.15, 0.2) is 11.6 Å². The third-order valence-electron chi connectivity index (χ3n) is 13.3. The van der Waals surface area contributed by atoms with Crippen molar-refractivity contribution in [1.82, 2.24) is 0 Å². The summed E-state index contributed by atoms with van der Waals surface area (Å²) in [5.74, 6) is 0.592. The quantitative estimate of drug-likeness (QED) is 0.398. The minimum atomic E-state index is -1.03. The van der Waals surface area contributed by atoms with Crippen molar-refractivity contribution in [2.75, 3.05) is 6.61 Å². The zero-order valence-corrected chi connectivity index (χ0v) is 23.5. The van der Waals surface area contributed by atoms with Crippen LogP contribution in [0.4, 0.5) is 0 Å². The van der Waals surface area contributed by atoms with Crippen LogP contribution in [0.15, 0.2) is 11.6 Å². The first-order valence-corrected chi connectivity index (χ1v) is 14.5. The molecule has 3 saturated heterocycles. The summed E-state index contributed by atoms with van der Waals surface area (Å²) in [7, 11) is 0. The van der Waals surface area contributed by atoms with E-state index in [9.17, 15) is 15.0 Å². The fourth-order valence-corrected chi connectivity index (χ4v) is 11.0. The molecule has 7 rings (SSSR count). The first-order chi connectivity index (χ1) is 16.6. The highest BCUT2D eigenvalue weighted by Crippen LogP contribution is 2.77. The molecule has 7 aliphatic rings. The number of rotatable bonds is 4. The second-order valence-corrected chi connectivity index (χ2v) is 15.2. The van der Waals surface area contributed by atoms with Gasteiger partial charge in [-0.25, -0.2) is 0 Å². The predicted octanol–water partition coefficient (Wildman–Crippen LogP) is 5.42. The molecule has 0 aromatic rings. The number of allylic oxidation sites excluding steroid dienone is 2. The van der Waals surface area contributed by atoms with E-state index < -0.39 is 5.79 Å². The molecule has 3 heterocycles. The molecule has 4 aliphatic carbocycles. The molecule has 0 amide bonds. The zero-order valence-electron chi connectivity index (χ0n) is 23.5. The van der Waals surface area contributed by atoms with Crippen LogP contribution in [-0.2, 0) is 14.3 Å². The van der Waals surface area contributed by atoms with Crippen LogP contribution in [0, 0.1) is 45.3 Å². The summed E-state index contributed by atoms with van der Waals surface area (Å²) in [6, 6.07) is 0. The molecule has 4 saturated carbocycles. The summed E-state index contributed by atoms with van der Waals surface area (Å²) in [6.45, 7) is 16.1.